The van der Waals surface area contributed by atoms with E-state index in [0.29, 0.717) is 26.2 Å². The molecule has 1 aliphatic heterocycles. The van der Waals surface area contributed by atoms with Crippen LogP contribution in [0, 0.1) is 5.82 Å². The number of halogens is 5. The summed E-state index contributed by atoms with van der Waals surface area (Å²) in [6.07, 6.45) is -2.66. The molecule has 1 aromatic carbocycles. The molecule has 3 nitrogen and oxygen atoms in total. The number of rotatable bonds is 3. The normalized spacial score (nSPS) is 17.2. The molecule has 0 spiro atoms. The van der Waals surface area contributed by atoms with E-state index in [4.69, 9.17) is 5.11 Å². The Balaban J connectivity index is 0.00000180. The van der Waals surface area contributed by atoms with Crippen molar-refractivity contribution < 1.29 is 18.3 Å². The summed E-state index contributed by atoms with van der Waals surface area (Å²) in [6, 6.07) is 2.07. The van der Waals surface area contributed by atoms with Gasteiger partial charge in [0.2, 0.25) is 0 Å². The predicted molar refractivity (Wildman–Crippen MR) is 75.7 cm³/mol. The molecular weight excluding hydrogens is 316 g/mol. The number of phenolic OH excluding ortho intramolecular Hbond substituents is 1. The third-order valence-electron chi connectivity index (χ3n) is 3.09. The van der Waals surface area contributed by atoms with Gasteiger partial charge in [0.1, 0.15) is 11.6 Å². The first kappa shape index (κ1) is 19.3. The average Bonchev–Trinajstić information content (AvgIpc) is 2.33. The Kier molecular flexibility index (Phi) is 8.27. The molecule has 0 amide bonds. The van der Waals surface area contributed by atoms with Crippen LogP contribution in [-0.2, 0) is 0 Å². The van der Waals surface area contributed by atoms with Crippen molar-refractivity contribution in [1.82, 2.24) is 10.2 Å². The summed E-state index contributed by atoms with van der Waals surface area (Å²) in [7, 11) is 0. The van der Waals surface area contributed by atoms with Crippen molar-refractivity contribution in [1.29, 1.82) is 0 Å². The second-order valence-electron chi connectivity index (χ2n) is 4.27. The zero-order valence-electron chi connectivity index (χ0n) is 10.6. The van der Waals surface area contributed by atoms with Crippen LogP contribution in [0.2, 0.25) is 0 Å². The number of nitrogens with one attached hydrogen (secondary N) is 1. The third kappa shape index (κ3) is 4.41. The maximum Gasteiger partial charge on any atom is 0.258 e. The van der Waals surface area contributed by atoms with Crippen LogP contribution >= 0.6 is 24.8 Å². The van der Waals surface area contributed by atoms with Gasteiger partial charge in [-0.25, -0.2) is 13.2 Å². The molecule has 1 fully saturated rings. The van der Waals surface area contributed by atoms with Crippen molar-refractivity contribution in [3.8, 4) is 5.75 Å². The van der Waals surface area contributed by atoms with Gasteiger partial charge in [-0.3, -0.25) is 4.90 Å². The molecule has 1 saturated heterocycles. The highest BCUT2D eigenvalue weighted by Gasteiger charge is 2.32. The van der Waals surface area contributed by atoms with Crippen molar-refractivity contribution in [2.45, 2.75) is 12.5 Å². The van der Waals surface area contributed by atoms with Crippen LogP contribution in [0.4, 0.5) is 13.2 Å². The van der Waals surface area contributed by atoms with Crippen molar-refractivity contribution in [2.75, 3.05) is 26.2 Å². The van der Waals surface area contributed by atoms with Gasteiger partial charge in [-0.2, -0.15) is 0 Å². The van der Waals surface area contributed by atoms with Crippen molar-refractivity contribution >= 4 is 24.8 Å². The van der Waals surface area contributed by atoms with E-state index < -0.39 is 18.3 Å². The van der Waals surface area contributed by atoms with Gasteiger partial charge in [0, 0.05) is 37.8 Å². The monoisotopic (exact) mass is 332 g/mol. The maximum absolute atomic E-state index is 13.7. The standard InChI is InChI=1S/C12H15F3N2O.2ClH/c13-10-7-8(18)1-2-9(10)11(12(14)15)17-5-3-16-4-6-17;;/h1-2,7,11-12,16,18H,3-6H2;2*1H/t11-;;/m1../s1. The van der Waals surface area contributed by atoms with Gasteiger partial charge in [0.15, 0.2) is 0 Å². The summed E-state index contributed by atoms with van der Waals surface area (Å²) in [4.78, 5) is 1.57. The van der Waals surface area contributed by atoms with Gasteiger partial charge in [-0.1, -0.05) is 6.07 Å². The molecule has 0 saturated carbocycles. The molecule has 0 unspecified atom stereocenters. The Bertz CT molecular complexity index is 418. The molecule has 1 atom stereocenters. The van der Waals surface area contributed by atoms with Crippen LogP contribution in [0.15, 0.2) is 18.2 Å². The lowest BCUT2D eigenvalue weighted by molar-refractivity contribution is 0.0163. The SMILES string of the molecule is Cl.Cl.Oc1ccc([C@H](C(F)F)N2CCNCC2)c(F)c1. The minimum atomic E-state index is -2.66. The first-order chi connectivity index (χ1) is 8.59. The summed E-state index contributed by atoms with van der Waals surface area (Å²) in [5.74, 6) is -1.05. The highest BCUT2D eigenvalue weighted by molar-refractivity contribution is 5.85. The molecule has 8 heteroatoms. The van der Waals surface area contributed by atoms with Crippen molar-refractivity contribution in [2.24, 2.45) is 0 Å². The van der Waals surface area contributed by atoms with Crippen LogP contribution in [-0.4, -0.2) is 42.6 Å². The quantitative estimate of drug-likeness (QED) is 0.893. The van der Waals surface area contributed by atoms with Crippen molar-refractivity contribution in [3.63, 3.8) is 0 Å². The molecule has 1 aromatic rings. The smallest absolute Gasteiger partial charge is 0.258 e. The number of piperazine rings is 1. The maximum atomic E-state index is 13.7. The van der Waals surface area contributed by atoms with Gasteiger partial charge in [0.25, 0.3) is 6.43 Å². The van der Waals surface area contributed by atoms with Crippen LogP contribution in [0.5, 0.6) is 5.75 Å². The summed E-state index contributed by atoms with van der Waals surface area (Å²) in [6.45, 7) is 2.14. The lowest BCUT2D eigenvalue weighted by Gasteiger charge is -2.34. The van der Waals surface area contributed by atoms with Crippen LogP contribution in [0.1, 0.15) is 11.6 Å². The Morgan fingerprint density at radius 2 is 1.75 bits per heavy atom. The van der Waals surface area contributed by atoms with Crippen LogP contribution in [0.25, 0.3) is 0 Å². The lowest BCUT2D eigenvalue weighted by atomic mass is 10.0. The Morgan fingerprint density at radius 3 is 2.25 bits per heavy atom. The summed E-state index contributed by atoms with van der Waals surface area (Å²) < 4.78 is 40.0. The summed E-state index contributed by atoms with van der Waals surface area (Å²) in [5.41, 5.74) is -0.0651. The molecule has 1 heterocycles. The fourth-order valence-corrected chi connectivity index (χ4v) is 2.21. The highest BCUT2D eigenvalue weighted by atomic mass is 35.5. The van der Waals surface area contributed by atoms with Crippen LogP contribution in [0.3, 0.4) is 0 Å². The Morgan fingerprint density at radius 1 is 1.15 bits per heavy atom. The molecule has 20 heavy (non-hydrogen) atoms. The molecule has 2 N–H and O–H groups in total. The van der Waals surface area contributed by atoms with Gasteiger partial charge in [0.05, 0.1) is 6.04 Å². The molecule has 0 radical (unpaired) electrons. The number of aromatic hydroxyl groups is 1. The largest absolute Gasteiger partial charge is 0.508 e. The molecule has 0 aliphatic carbocycles. The second-order valence-corrected chi connectivity index (χ2v) is 4.27. The molecule has 0 bridgehead atoms. The topological polar surface area (TPSA) is 35.5 Å². The van der Waals surface area contributed by atoms with E-state index in [0.717, 1.165) is 6.07 Å². The third-order valence-corrected chi connectivity index (χ3v) is 3.09. The minimum absolute atomic E-state index is 0. The molecule has 2 rings (SSSR count). The van der Waals surface area contributed by atoms with E-state index in [1.807, 2.05) is 0 Å². The van der Waals surface area contributed by atoms with Gasteiger partial charge < -0.3 is 10.4 Å². The number of alkyl halides is 2. The average molecular weight is 333 g/mol. The number of benzene rings is 1. The molecule has 1 aliphatic rings. The van der Waals surface area contributed by atoms with E-state index in [2.05, 4.69) is 5.32 Å². The van der Waals surface area contributed by atoms with Gasteiger partial charge >= 0.3 is 0 Å². The zero-order chi connectivity index (χ0) is 13.1. The van der Waals surface area contributed by atoms with Crippen molar-refractivity contribution in [3.05, 3.63) is 29.6 Å². The lowest BCUT2D eigenvalue weighted by Crippen LogP contribution is -2.47. The highest BCUT2D eigenvalue weighted by Crippen LogP contribution is 2.31. The van der Waals surface area contributed by atoms with Crippen LogP contribution < -0.4 is 5.32 Å². The fourth-order valence-electron chi connectivity index (χ4n) is 2.21. The minimum Gasteiger partial charge on any atom is -0.508 e. The number of phenols is 1. The van der Waals surface area contributed by atoms with E-state index in [9.17, 15) is 13.2 Å². The first-order valence-electron chi connectivity index (χ1n) is 5.81. The Hall–Kier alpha value is -0.690. The van der Waals surface area contributed by atoms with E-state index in [-0.39, 0.29) is 36.1 Å². The van der Waals surface area contributed by atoms with E-state index in [1.165, 1.54) is 12.1 Å². The number of hydrogen-bond donors (Lipinski definition) is 2. The summed E-state index contributed by atoms with van der Waals surface area (Å²) in [5, 5.41) is 12.2. The first-order valence-corrected chi connectivity index (χ1v) is 5.81. The van der Waals surface area contributed by atoms with Gasteiger partial charge in [-0.15, -0.1) is 24.8 Å². The number of hydrogen-bond acceptors (Lipinski definition) is 3. The predicted octanol–water partition coefficient (Wildman–Crippen LogP) is 2.59. The molecule has 116 valence electrons. The molecule has 0 aromatic heterocycles. The fraction of sp³-hybridized carbons (Fsp3) is 0.500. The summed E-state index contributed by atoms with van der Waals surface area (Å²) >= 11 is 0. The zero-order valence-corrected chi connectivity index (χ0v) is 12.2. The van der Waals surface area contributed by atoms with E-state index in [1.54, 1.807) is 4.90 Å². The molecular formula is C12H17Cl2F3N2O. The van der Waals surface area contributed by atoms with Gasteiger partial charge in [-0.05, 0) is 6.07 Å². The Labute approximate surface area is 128 Å². The number of nitrogens with zero attached hydrogens (tertiary/aromatic N) is 1. The second kappa shape index (κ2) is 8.56. The van der Waals surface area contributed by atoms with E-state index >= 15 is 0 Å².